The smallest absolute Gasteiger partial charge is 0.264 e. The average Bonchev–Trinajstić information content (AvgIpc) is 2.86. The zero-order valence-electron chi connectivity index (χ0n) is 23.0. The molecule has 3 aromatic rings. The van der Waals surface area contributed by atoms with E-state index in [2.05, 4.69) is 5.32 Å². The zero-order chi connectivity index (χ0) is 28.7. The standard InChI is InChI=1S/C30H36ClN3O4S/c1-6-28(30(36)32-21(2)3)33(19-24-10-7-9-23(5)17-24)29(35)20-34(26-12-8-11-25(31)18-26)39(37,38)27-15-13-22(4)14-16-27/h7-18,21,28H,6,19-20H2,1-5H3,(H,32,36). The molecule has 0 heterocycles. The average molecular weight is 570 g/mol. The lowest BCUT2D eigenvalue weighted by atomic mass is 10.1. The molecule has 0 aliphatic heterocycles. The van der Waals surface area contributed by atoms with Crippen LogP contribution in [-0.2, 0) is 26.2 Å². The Morgan fingerprint density at radius 2 is 1.59 bits per heavy atom. The van der Waals surface area contributed by atoms with E-state index in [1.54, 1.807) is 30.3 Å². The third-order valence-corrected chi connectivity index (χ3v) is 8.26. The number of hydrogen-bond donors (Lipinski definition) is 1. The SMILES string of the molecule is CCC(C(=O)NC(C)C)N(Cc1cccc(C)c1)C(=O)CN(c1cccc(Cl)c1)S(=O)(=O)c1ccc(C)cc1. The van der Waals surface area contributed by atoms with E-state index in [0.29, 0.717) is 11.4 Å². The molecule has 39 heavy (non-hydrogen) atoms. The Kier molecular flexibility index (Phi) is 10.2. The predicted octanol–water partition coefficient (Wildman–Crippen LogP) is 5.48. The first-order valence-corrected chi connectivity index (χ1v) is 14.7. The summed E-state index contributed by atoms with van der Waals surface area (Å²) < 4.78 is 28.8. The molecule has 208 valence electrons. The molecule has 0 aromatic heterocycles. The first-order valence-electron chi connectivity index (χ1n) is 12.9. The van der Waals surface area contributed by atoms with Crippen molar-refractivity contribution in [3.05, 3.63) is 94.5 Å². The molecule has 7 nitrogen and oxygen atoms in total. The van der Waals surface area contributed by atoms with E-state index in [-0.39, 0.29) is 29.1 Å². The number of nitrogens with one attached hydrogen (secondary N) is 1. The second-order valence-electron chi connectivity index (χ2n) is 9.90. The van der Waals surface area contributed by atoms with Gasteiger partial charge in [-0.05, 0) is 70.0 Å². The second-order valence-corrected chi connectivity index (χ2v) is 12.2. The minimum Gasteiger partial charge on any atom is -0.352 e. The maximum absolute atomic E-state index is 14.0. The normalized spacial score (nSPS) is 12.2. The van der Waals surface area contributed by atoms with Gasteiger partial charge >= 0.3 is 0 Å². The summed E-state index contributed by atoms with van der Waals surface area (Å²) in [6, 6.07) is 19.6. The summed E-state index contributed by atoms with van der Waals surface area (Å²) in [7, 11) is -4.14. The van der Waals surface area contributed by atoms with Crippen molar-refractivity contribution in [2.75, 3.05) is 10.8 Å². The monoisotopic (exact) mass is 569 g/mol. The van der Waals surface area contributed by atoms with Crippen molar-refractivity contribution in [3.63, 3.8) is 0 Å². The number of carbonyl (C=O) groups excluding carboxylic acids is 2. The number of aryl methyl sites for hydroxylation is 2. The molecular formula is C30H36ClN3O4S. The van der Waals surface area contributed by atoms with E-state index >= 15 is 0 Å². The van der Waals surface area contributed by atoms with Crippen LogP contribution in [0.25, 0.3) is 0 Å². The number of carbonyl (C=O) groups is 2. The molecule has 1 atom stereocenters. The summed E-state index contributed by atoms with van der Waals surface area (Å²) >= 11 is 6.22. The first kappa shape index (κ1) is 30.2. The number of rotatable bonds is 11. The fraction of sp³-hybridized carbons (Fsp3) is 0.333. The second kappa shape index (κ2) is 13.1. The molecule has 3 aromatic carbocycles. The van der Waals surface area contributed by atoms with Crippen molar-refractivity contribution in [3.8, 4) is 0 Å². The van der Waals surface area contributed by atoms with Gasteiger partial charge < -0.3 is 10.2 Å². The Morgan fingerprint density at radius 1 is 0.923 bits per heavy atom. The van der Waals surface area contributed by atoms with Gasteiger partial charge in [-0.3, -0.25) is 13.9 Å². The van der Waals surface area contributed by atoms with Crippen molar-refractivity contribution in [2.24, 2.45) is 0 Å². The summed E-state index contributed by atoms with van der Waals surface area (Å²) in [4.78, 5) is 28.7. The van der Waals surface area contributed by atoms with Gasteiger partial charge in [0.2, 0.25) is 11.8 Å². The highest BCUT2D eigenvalue weighted by atomic mass is 35.5. The quantitative estimate of drug-likeness (QED) is 0.331. The van der Waals surface area contributed by atoms with Crippen LogP contribution in [0.2, 0.25) is 5.02 Å². The van der Waals surface area contributed by atoms with Crippen LogP contribution < -0.4 is 9.62 Å². The van der Waals surface area contributed by atoms with Gasteiger partial charge in [0, 0.05) is 17.6 Å². The molecule has 0 spiro atoms. The molecule has 3 rings (SSSR count). The van der Waals surface area contributed by atoms with Gasteiger partial charge in [-0.1, -0.05) is 72.1 Å². The maximum atomic E-state index is 14.0. The van der Waals surface area contributed by atoms with Crippen molar-refractivity contribution in [2.45, 2.75) is 64.6 Å². The summed E-state index contributed by atoms with van der Waals surface area (Å²) in [5.41, 5.74) is 3.02. The molecule has 0 aliphatic carbocycles. The number of halogens is 1. The van der Waals surface area contributed by atoms with Crippen molar-refractivity contribution in [1.29, 1.82) is 0 Å². The van der Waals surface area contributed by atoms with E-state index in [4.69, 9.17) is 11.6 Å². The predicted molar refractivity (Wildman–Crippen MR) is 156 cm³/mol. The Hall–Kier alpha value is -3.36. The summed E-state index contributed by atoms with van der Waals surface area (Å²) in [6.45, 7) is 9.00. The summed E-state index contributed by atoms with van der Waals surface area (Å²) in [5, 5.41) is 3.23. The van der Waals surface area contributed by atoms with Crippen LogP contribution in [0.5, 0.6) is 0 Å². The number of sulfonamides is 1. The van der Waals surface area contributed by atoms with Crippen LogP contribution in [0, 0.1) is 13.8 Å². The Morgan fingerprint density at radius 3 is 2.18 bits per heavy atom. The van der Waals surface area contributed by atoms with Gasteiger partial charge in [0.25, 0.3) is 10.0 Å². The molecule has 1 N–H and O–H groups in total. The van der Waals surface area contributed by atoms with Crippen LogP contribution in [0.4, 0.5) is 5.69 Å². The van der Waals surface area contributed by atoms with Gasteiger partial charge in [-0.2, -0.15) is 0 Å². The molecular weight excluding hydrogens is 534 g/mol. The number of anilines is 1. The van der Waals surface area contributed by atoms with E-state index in [1.807, 2.05) is 58.9 Å². The fourth-order valence-corrected chi connectivity index (χ4v) is 5.90. The Labute approximate surface area is 236 Å². The highest BCUT2D eigenvalue weighted by Crippen LogP contribution is 2.27. The van der Waals surface area contributed by atoms with E-state index < -0.39 is 28.5 Å². The lowest BCUT2D eigenvalue weighted by molar-refractivity contribution is -0.140. The van der Waals surface area contributed by atoms with Gasteiger partial charge in [-0.25, -0.2) is 8.42 Å². The van der Waals surface area contributed by atoms with Gasteiger partial charge in [-0.15, -0.1) is 0 Å². The molecule has 0 saturated heterocycles. The molecule has 0 radical (unpaired) electrons. The highest BCUT2D eigenvalue weighted by Gasteiger charge is 2.34. The zero-order valence-corrected chi connectivity index (χ0v) is 24.6. The Balaban J connectivity index is 2.07. The van der Waals surface area contributed by atoms with Gasteiger partial charge in [0.05, 0.1) is 10.6 Å². The maximum Gasteiger partial charge on any atom is 0.264 e. The van der Waals surface area contributed by atoms with Crippen LogP contribution in [0.15, 0.2) is 77.7 Å². The minimum absolute atomic E-state index is 0.0516. The van der Waals surface area contributed by atoms with Crippen molar-refractivity contribution in [1.82, 2.24) is 10.2 Å². The largest absolute Gasteiger partial charge is 0.352 e. The summed E-state index contributed by atoms with van der Waals surface area (Å²) in [6.07, 6.45) is 0.359. The van der Waals surface area contributed by atoms with Crippen LogP contribution in [-0.4, -0.2) is 43.8 Å². The molecule has 1 unspecified atom stereocenters. The number of nitrogens with zero attached hydrogens (tertiary/aromatic N) is 2. The van der Waals surface area contributed by atoms with E-state index in [0.717, 1.165) is 21.0 Å². The van der Waals surface area contributed by atoms with E-state index in [9.17, 15) is 18.0 Å². The molecule has 0 fully saturated rings. The van der Waals surface area contributed by atoms with Gasteiger partial charge in [0.1, 0.15) is 12.6 Å². The van der Waals surface area contributed by atoms with Crippen molar-refractivity contribution < 1.29 is 18.0 Å². The topological polar surface area (TPSA) is 86.8 Å². The number of amides is 2. The molecule has 0 bridgehead atoms. The molecule has 9 heteroatoms. The minimum atomic E-state index is -4.14. The third-order valence-electron chi connectivity index (χ3n) is 6.24. The lowest BCUT2D eigenvalue weighted by Crippen LogP contribution is -2.53. The van der Waals surface area contributed by atoms with E-state index in [1.165, 1.54) is 23.1 Å². The van der Waals surface area contributed by atoms with Crippen molar-refractivity contribution >= 4 is 39.1 Å². The number of hydrogen-bond acceptors (Lipinski definition) is 4. The Bertz CT molecular complexity index is 1410. The lowest BCUT2D eigenvalue weighted by Gasteiger charge is -2.33. The van der Waals surface area contributed by atoms with Gasteiger partial charge in [0.15, 0.2) is 0 Å². The molecule has 0 aliphatic rings. The number of benzene rings is 3. The molecule has 2 amide bonds. The van der Waals surface area contributed by atoms with Crippen LogP contribution in [0.3, 0.4) is 0 Å². The third kappa shape index (κ3) is 7.83. The highest BCUT2D eigenvalue weighted by molar-refractivity contribution is 7.92. The summed E-state index contributed by atoms with van der Waals surface area (Å²) in [5.74, 6) is -0.790. The molecule has 0 saturated carbocycles. The fourth-order valence-electron chi connectivity index (χ4n) is 4.30. The van der Waals surface area contributed by atoms with Crippen LogP contribution in [0.1, 0.15) is 43.9 Å². The first-order chi connectivity index (χ1) is 18.4. The van der Waals surface area contributed by atoms with Crippen LogP contribution >= 0.6 is 11.6 Å².